The van der Waals surface area contributed by atoms with E-state index in [9.17, 15) is 4.39 Å². The molecule has 2 aromatic carbocycles. The third-order valence-electron chi connectivity index (χ3n) is 2.60. The van der Waals surface area contributed by atoms with Crippen molar-refractivity contribution in [2.75, 3.05) is 0 Å². The first kappa shape index (κ1) is 9.90. The zero-order chi connectivity index (χ0) is 11.7. The topological polar surface area (TPSA) is 25.8 Å². The number of halogens is 1. The maximum atomic E-state index is 13.4. The molecule has 3 aromatic rings. The fourth-order valence-corrected chi connectivity index (χ4v) is 1.75. The standard InChI is InChI=1S/C14H9FN2/c15-12-7-4-8-13-11(12)9-16-14(17-13)10-5-2-1-3-6-10/h1-9H. The molecule has 82 valence electrons. The van der Waals surface area contributed by atoms with Crippen LogP contribution in [-0.4, -0.2) is 9.97 Å². The van der Waals surface area contributed by atoms with Gasteiger partial charge >= 0.3 is 0 Å². The van der Waals surface area contributed by atoms with Gasteiger partial charge in [-0.15, -0.1) is 0 Å². The summed E-state index contributed by atoms with van der Waals surface area (Å²) in [6.07, 6.45) is 1.53. The van der Waals surface area contributed by atoms with Gasteiger partial charge in [-0.3, -0.25) is 0 Å². The lowest BCUT2D eigenvalue weighted by Crippen LogP contribution is -1.91. The molecule has 17 heavy (non-hydrogen) atoms. The fraction of sp³-hybridized carbons (Fsp3) is 0. The molecule has 0 saturated carbocycles. The number of nitrogens with zero attached hydrogens (tertiary/aromatic N) is 2. The Kier molecular flexibility index (Phi) is 2.29. The molecule has 0 fully saturated rings. The van der Waals surface area contributed by atoms with Crippen LogP contribution in [0.5, 0.6) is 0 Å². The zero-order valence-corrected chi connectivity index (χ0v) is 8.97. The van der Waals surface area contributed by atoms with Crippen molar-refractivity contribution in [3.05, 3.63) is 60.5 Å². The second-order valence-corrected chi connectivity index (χ2v) is 3.73. The second-order valence-electron chi connectivity index (χ2n) is 3.73. The molecule has 0 bridgehead atoms. The average molecular weight is 224 g/mol. The van der Waals surface area contributed by atoms with Gasteiger partial charge in [-0.05, 0) is 12.1 Å². The number of rotatable bonds is 1. The minimum Gasteiger partial charge on any atom is -0.236 e. The lowest BCUT2D eigenvalue weighted by molar-refractivity contribution is 0.639. The maximum Gasteiger partial charge on any atom is 0.159 e. The summed E-state index contributed by atoms with van der Waals surface area (Å²) in [4.78, 5) is 8.54. The van der Waals surface area contributed by atoms with Gasteiger partial charge in [0.25, 0.3) is 0 Å². The number of benzene rings is 2. The van der Waals surface area contributed by atoms with Crippen LogP contribution in [0.3, 0.4) is 0 Å². The molecule has 0 N–H and O–H groups in total. The molecule has 0 radical (unpaired) electrons. The van der Waals surface area contributed by atoms with Crippen LogP contribution in [0.2, 0.25) is 0 Å². The number of fused-ring (bicyclic) bond motifs is 1. The van der Waals surface area contributed by atoms with Crippen molar-refractivity contribution in [2.45, 2.75) is 0 Å². The third kappa shape index (κ3) is 1.76. The van der Waals surface area contributed by atoms with Crippen molar-refractivity contribution >= 4 is 10.9 Å². The molecule has 0 aliphatic heterocycles. The molecule has 2 nitrogen and oxygen atoms in total. The summed E-state index contributed by atoms with van der Waals surface area (Å²) >= 11 is 0. The van der Waals surface area contributed by atoms with Crippen molar-refractivity contribution in [1.82, 2.24) is 9.97 Å². The van der Waals surface area contributed by atoms with Gasteiger partial charge in [-0.2, -0.15) is 0 Å². The second kappa shape index (κ2) is 3.94. The van der Waals surface area contributed by atoms with Crippen molar-refractivity contribution in [3.63, 3.8) is 0 Å². The molecule has 0 aliphatic rings. The normalized spacial score (nSPS) is 10.6. The molecule has 1 aromatic heterocycles. The molecular formula is C14H9FN2. The van der Waals surface area contributed by atoms with Gasteiger partial charge in [0.2, 0.25) is 0 Å². The van der Waals surface area contributed by atoms with Gasteiger partial charge < -0.3 is 0 Å². The van der Waals surface area contributed by atoms with Crippen LogP contribution in [0, 0.1) is 5.82 Å². The smallest absolute Gasteiger partial charge is 0.159 e. The quantitative estimate of drug-likeness (QED) is 0.632. The van der Waals surface area contributed by atoms with E-state index in [2.05, 4.69) is 9.97 Å². The summed E-state index contributed by atoms with van der Waals surface area (Å²) in [5, 5.41) is 0.451. The van der Waals surface area contributed by atoms with E-state index in [4.69, 9.17) is 0 Å². The van der Waals surface area contributed by atoms with Crippen molar-refractivity contribution in [3.8, 4) is 11.4 Å². The molecule has 0 unspecified atom stereocenters. The number of aromatic nitrogens is 2. The molecule has 3 heteroatoms. The average Bonchev–Trinajstić information content (AvgIpc) is 2.40. The molecule has 0 amide bonds. The predicted octanol–water partition coefficient (Wildman–Crippen LogP) is 3.44. The van der Waals surface area contributed by atoms with Crippen LogP contribution in [0.25, 0.3) is 22.3 Å². The molecule has 0 spiro atoms. The highest BCUT2D eigenvalue weighted by Crippen LogP contribution is 2.19. The Morgan fingerprint density at radius 2 is 1.71 bits per heavy atom. The van der Waals surface area contributed by atoms with E-state index in [1.54, 1.807) is 12.1 Å². The van der Waals surface area contributed by atoms with Crippen LogP contribution >= 0.6 is 0 Å². The van der Waals surface area contributed by atoms with E-state index < -0.39 is 0 Å². The molecular weight excluding hydrogens is 215 g/mol. The largest absolute Gasteiger partial charge is 0.236 e. The van der Waals surface area contributed by atoms with E-state index in [1.807, 2.05) is 30.3 Å². The van der Waals surface area contributed by atoms with Gasteiger partial charge in [-0.1, -0.05) is 36.4 Å². The first-order valence-corrected chi connectivity index (χ1v) is 5.31. The van der Waals surface area contributed by atoms with Crippen LogP contribution in [-0.2, 0) is 0 Å². The van der Waals surface area contributed by atoms with Crippen molar-refractivity contribution in [1.29, 1.82) is 0 Å². The highest BCUT2D eigenvalue weighted by molar-refractivity contribution is 5.80. The van der Waals surface area contributed by atoms with E-state index >= 15 is 0 Å². The van der Waals surface area contributed by atoms with E-state index in [0.717, 1.165) is 5.56 Å². The van der Waals surface area contributed by atoms with Crippen LogP contribution in [0.4, 0.5) is 4.39 Å². The minimum atomic E-state index is -0.290. The Labute approximate surface area is 97.8 Å². The Hall–Kier alpha value is -2.29. The molecule has 0 aliphatic carbocycles. The van der Waals surface area contributed by atoms with Crippen LogP contribution in [0.1, 0.15) is 0 Å². The maximum absolute atomic E-state index is 13.4. The van der Waals surface area contributed by atoms with E-state index in [0.29, 0.717) is 16.7 Å². The zero-order valence-electron chi connectivity index (χ0n) is 8.97. The van der Waals surface area contributed by atoms with Crippen LogP contribution < -0.4 is 0 Å². The molecule has 1 heterocycles. The Morgan fingerprint density at radius 1 is 0.882 bits per heavy atom. The van der Waals surface area contributed by atoms with Crippen molar-refractivity contribution < 1.29 is 4.39 Å². The summed E-state index contributed by atoms with van der Waals surface area (Å²) in [5.74, 6) is 0.325. The predicted molar refractivity (Wildman–Crippen MR) is 64.9 cm³/mol. The Morgan fingerprint density at radius 3 is 2.53 bits per heavy atom. The number of hydrogen-bond donors (Lipinski definition) is 0. The summed E-state index contributed by atoms with van der Waals surface area (Å²) < 4.78 is 13.4. The van der Waals surface area contributed by atoms with Crippen molar-refractivity contribution in [2.24, 2.45) is 0 Å². The summed E-state index contributed by atoms with van der Waals surface area (Å²) in [6, 6.07) is 14.5. The minimum absolute atomic E-state index is 0.290. The lowest BCUT2D eigenvalue weighted by atomic mass is 10.2. The molecule has 0 atom stereocenters. The van der Waals surface area contributed by atoms with Gasteiger partial charge in [0.1, 0.15) is 5.82 Å². The lowest BCUT2D eigenvalue weighted by Gasteiger charge is -2.02. The Balaban J connectivity index is 2.21. The van der Waals surface area contributed by atoms with E-state index in [1.165, 1.54) is 12.3 Å². The van der Waals surface area contributed by atoms with E-state index in [-0.39, 0.29) is 5.82 Å². The Bertz CT molecular complexity index is 665. The molecule has 3 rings (SSSR count). The van der Waals surface area contributed by atoms with Gasteiger partial charge in [0.15, 0.2) is 5.82 Å². The fourth-order valence-electron chi connectivity index (χ4n) is 1.75. The first-order valence-electron chi connectivity index (χ1n) is 5.31. The van der Waals surface area contributed by atoms with Gasteiger partial charge in [0.05, 0.1) is 10.9 Å². The highest BCUT2D eigenvalue weighted by atomic mass is 19.1. The highest BCUT2D eigenvalue weighted by Gasteiger charge is 2.05. The third-order valence-corrected chi connectivity index (χ3v) is 2.60. The van der Waals surface area contributed by atoms with Gasteiger partial charge in [0, 0.05) is 11.8 Å². The number of hydrogen-bond acceptors (Lipinski definition) is 2. The van der Waals surface area contributed by atoms with Crippen LogP contribution in [0.15, 0.2) is 54.7 Å². The van der Waals surface area contributed by atoms with Gasteiger partial charge in [-0.25, -0.2) is 14.4 Å². The summed E-state index contributed by atoms with van der Waals surface area (Å²) in [6.45, 7) is 0. The SMILES string of the molecule is Fc1cccc2nc(-c3ccccc3)ncc12. The molecule has 0 saturated heterocycles. The summed E-state index contributed by atoms with van der Waals surface area (Å²) in [7, 11) is 0. The monoisotopic (exact) mass is 224 g/mol. The first-order chi connectivity index (χ1) is 8.34. The summed E-state index contributed by atoms with van der Waals surface area (Å²) in [5.41, 5.74) is 1.55.